The van der Waals surface area contributed by atoms with Crippen LogP contribution in [0.5, 0.6) is 0 Å². The van der Waals surface area contributed by atoms with Gasteiger partial charge in [0.25, 0.3) is 11.8 Å². The van der Waals surface area contributed by atoms with Gasteiger partial charge in [-0.2, -0.15) is 0 Å². The molecular formula is C17H15N3O2. The fraction of sp³-hybridized carbons (Fsp3) is 0.0588. The summed E-state index contributed by atoms with van der Waals surface area (Å²) in [5, 5.41) is 6.26. The van der Waals surface area contributed by atoms with Crippen molar-refractivity contribution in [3.05, 3.63) is 65.9 Å². The molecule has 1 aromatic heterocycles. The summed E-state index contributed by atoms with van der Waals surface area (Å²) in [5.74, 6) is -0.348. The maximum absolute atomic E-state index is 12.4. The van der Waals surface area contributed by atoms with E-state index in [9.17, 15) is 9.59 Å². The van der Waals surface area contributed by atoms with E-state index in [0.29, 0.717) is 16.8 Å². The van der Waals surface area contributed by atoms with Crippen LogP contribution in [0, 0.1) is 0 Å². The zero-order valence-corrected chi connectivity index (χ0v) is 12.0. The molecule has 5 nitrogen and oxygen atoms in total. The topological polar surface area (TPSA) is 74.0 Å². The first-order chi connectivity index (χ1) is 10.7. The lowest BCUT2D eigenvalue weighted by atomic mass is 10.1. The lowest BCUT2D eigenvalue weighted by molar-refractivity contribution is 0.0962. The number of aromatic nitrogens is 1. The Bertz CT molecular complexity index is 834. The number of benzene rings is 2. The molecule has 0 saturated carbocycles. The minimum Gasteiger partial charge on any atom is -0.360 e. The second-order valence-corrected chi connectivity index (χ2v) is 4.86. The number of fused-ring (bicyclic) bond motifs is 1. The number of anilines is 1. The molecule has 22 heavy (non-hydrogen) atoms. The van der Waals surface area contributed by atoms with E-state index >= 15 is 0 Å². The van der Waals surface area contributed by atoms with Gasteiger partial charge in [0.15, 0.2) is 0 Å². The van der Waals surface area contributed by atoms with E-state index in [2.05, 4.69) is 15.6 Å². The Morgan fingerprint density at radius 1 is 0.955 bits per heavy atom. The van der Waals surface area contributed by atoms with Crippen molar-refractivity contribution in [2.45, 2.75) is 0 Å². The summed E-state index contributed by atoms with van der Waals surface area (Å²) in [5.41, 5.74) is 2.70. The highest BCUT2D eigenvalue weighted by atomic mass is 16.2. The molecule has 0 aliphatic heterocycles. The molecule has 0 aliphatic carbocycles. The van der Waals surface area contributed by atoms with Gasteiger partial charge in [-0.3, -0.25) is 9.59 Å². The van der Waals surface area contributed by atoms with Crippen molar-refractivity contribution in [2.75, 3.05) is 12.4 Å². The number of carbonyl (C=O) groups is 2. The third-order valence-electron chi connectivity index (χ3n) is 3.47. The van der Waals surface area contributed by atoms with Crippen LogP contribution in [0.25, 0.3) is 10.9 Å². The Labute approximate surface area is 127 Å². The number of H-pyrrole nitrogens is 1. The summed E-state index contributed by atoms with van der Waals surface area (Å²) in [6, 6.07) is 14.4. The molecule has 2 aromatic carbocycles. The maximum Gasteiger partial charge on any atom is 0.257 e. The number of rotatable bonds is 3. The summed E-state index contributed by atoms with van der Waals surface area (Å²) >= 11 is 0. The molecule has 3 aromatic rings. The van der Waals surface area contributed by atoms with Gasteiger partial charge in [0, 0.05) is 35.4 Å². The number of carbonyl (C=O) groups excluding carboxylic acids is 2. The molecule has 110 valence electrons. The third kappa shape index (κ3) is 2.56. The van der Waals surface area contributed by atoms with Crippen LogP contribution in [0.3, 0.4) is 0 Å². The van der Waals surface area contributed by atoms with Gasteiger partial charge >= 0.3 is 0 Å². The zero-order chi connectivity index (χ0) is 15.5. The largest absolute Gasteiger partial charge is 0.360 e. The minimum atomic E-state index is -0.190. The summed E-state index contributed by atoms with van der Waals surface area (Å²) in [4.78, 5) is 26.9. The summed E-state index contributed by atoms with van der Waals surface area (Å²) in [6.07, 6.45) is 1.69. The molecular weight excluding hydrogens is 278 g/mol. The molecule has 0 unspecified atom stereocenters. The highest BCUT2D eigenvalue weighted by Crippen LogP contribution is 2.19. The van der Waals surface area contributed by atoms with E-state index in [4.69, 9.17) is 0 Å². The van der Waals surface area contributed by atoms with Crippen LogP contribution in [0.15, 0.2) is 54.7 Å². The number of para-hydroxylation sites is 1. The number of nitrogens with one attached hydrogen (secondary N) is 3. The van der Waals surface area contributed by atoms with Gasteiger partial charge in [-0.1, -0.05) is 18.2 Å². The third-order valence-corrected chi connectivity index (χ3v) is 3.47. The average molecular weight is 293 g/mol. The minimum absolute atomic E-state index is 0.158. The van der Waals surface area contributed by atoms with Crippen molar-refractivity contribution in [3.8, 4) is 0 Å². The number of hydrogen-bond donors (Lipinski definition) is 3. The molecule has 0 saturated heterocycles. The molecule has 1 heterocycles. The van der Waals surface area contributed by atoms with Gasteiger partial charge < -0.3 is 15.6 Å². The maximum atomic E-state index is 12.4. The molecule has 3 N–H and O–H groups in total. The Hall–Kier alpha value is -3.08. The molecule has 0 aliphatic rings. The van der Waals surface area contributed by atoms with Crippen molar-refractivity contribution in [2.24, 2.45) is 0 Å². The predicted molar refractivity (Wildman–Crippen MR) is 86.1 cm³/mol. The second-order valence-electron chi connectivity index (χ2n) is 4.86. The van der Waals surface area contributed by atoms with Crippen LogP contribution < -0.4 is 10.6 Å². The van der Waals surface area contributed by atoms with E-state index in [1.165, 1.54) is 0 Å². The zero-order valence-electron chi connectivity index (χ0n) is 12.0. The van der Waals surface area contributed by atoms with Crippen molar-refractivity contribution >= 4 is 28.4 Å². The van der Waals surface area contributed by atoms with Gasteiger partial charge in [-0.25, -0.2) is 0 Å². The van der Waals surface area contributed by atoms with Crippen molar-refractivity contribution < 1.29 is 9.59 Å². The Morgan fingerprint density at radius 2 is 1.68 bits per heavy atom. The summed E-state index contributed by atoms with van der Waals surface area (Å²) < 4.78 is 0. The molecule has 2 amide bonds. The fourth-order valence-corrected chi connectivity index (χ4v) is 2.31. The van der Waals surface area contributed by atoms with Gasteiger partial charge in [0.05, 0.1) is 5.56 Å². The Kier molecular flexibility index (Phi) is 3.62. The second kappa shape index (κ2) is 5.73. The highest BCUT2D eigenvalue weighted by molar-refractivity contribution is 6.12. The SMILES string of the molecule is CNC(=O)c1ccc(NC(=O)c2c[nH]c3ccccc23)cc1. The molecule has 0 atom stereocenters. The van der Waals surface area contributed by atoms with Crippen molar-refractivity contribution in [1.29, 1.82) is 0 Å². The molecule has 3 rings (SSSR count). The van der Waals surface area contributed by atoms with Crippen LogP contribution in [0.4, 0.5) is 5.69 Å². The lowest BCUT2D eigenvalue weighted by Crippen LogP contribution is -2.17. The van der Waals surface area contributed by atoms with Gasteiger partial charge in [-0.15, -0.1) is 0 Å². The van der Waals surface area contributed by atoms with Crippen LogP contribution in [-0.2, 0) is 0 Å². The number of aromatic amines is 1. The monoisotopic (exact) mass is 293 g/mol. The first-order valence-corrected chi connectivity index (χ1v) is 6.88. The molecule has 0 bridgehead atoms. The normalized spacial score (nSPS) is 10.4. The van der Waals surface area contributed by atoms with E-state index in [1.807, 2.05) is 24.3 Å². The van der Waals surface area contributed by atoms with Gasteiger partial charge in [0.1, 0.15) is 0 Å². The summed E-state index contributed by atoms with van der Waals surface area (Å²) in [6.45, 7) is 0. The summed E-state index contributed by atoms with van der Waals surface area (Å²) in [7, 11) is 1.58. The van der Waals surface area contributed by atoms with Crippen LogP contribution >= 0.6 is 0 Å². The van der Waals surface area contributed by atoms with E-state index in [0.717, 1.165) is 10.9 Å². The Morgan fingerprint density at radius 3 is 2.41 bits per heavy atom. The van der Waals surface area contributed by atoms with Gasteiger partial charge in [0.2, 0.25) is 0 Å². The van der Waals surface area contributed by atoms with Gasteiger partial charge in [-0.05, 0) is 30.3 Å². The fourth-order valence-electron chi connectivity index (χ4n) is 2.31. The first kappa shape index (κ1) is 13.9. The average Bonchev–Trinajstić information content (AvgIpc) is 2.99. The van der Waals surface area contributed by atoms with Crippen molar-refractivity contribution in [1.82, 2.24) is 10.3 Å². The van der Waals surface area contributed by atoms with Crippen LogP contribution in [0.1, 0.15) is 20.7 Å². The predicted octanol–water partition coefficient (Wildman–Crippen LogP) is 2.78. The van der Waals surface area contributed by atoms with Crippen LogP contribution in [0.2, 0.25) is 0 Å². The number of hydrogen-bond acceptors (Lipinski definition) is 2. The molecule has 5 heteroatoms. The highest BCUT2D eigenvalue weighted by Gasteiger charge is 2.12. The number of amides is 2. The Balaban J connectivity index is 1.81. The lowest BCUT2D eigenvalue weighted by Gasteiger charge is -2.05. The van der Waals surface area contributed by atoms with E-state index in [1.54, 1.807) is 37.5 Å². The standard InChI is InChI=1S/C17H15N3O2/c1-18-16(21)11-6-8-12(9-7-11)20-17(22)14-10-19-15-5-3-2-4-13(14)15/h2-10,19H,1H3,(H,18,21)(H,20,22). The molecule has 0 radical (unpaired) electrons. The van der Waals surface area contributed by atoms with E-state index < -0.39 is 0 Å². The quantitative estimate of drug-likeness (QED) is 0.694. The van der Waals surface area contributed by atoms with Crippen molar-refractivity contribution in [3.63, 3.8) is 0 Å². The smallest absolute Gasteiger partial charge is 0.257 e. The van der Waals surface area contributed by atoms with E-state index in [-0.39, 0.29) is 11.8 Å². The molecule has 0 spiro atoms. The van der Waals surface area contributed by atoms with Crippen LogP contribution in [-0.4, -0.2) is 23.8 Å². The first-order valence-electron chi connectivity index (χ1n) is 6.88. The molecule has 0 fully saturated rings.